The number of esters is 1. The molecule has 0 aromatic heterocycles. The smallest absolute Gasteiger partial charge is 0.309 e. The second-order valence-electron chi connectivity index (χ2n) is 4.46. The normalized spacial score (nSPS) is 10.4. The number of halogens is 2. The van der Waals surface area contributed by atoms with Crippen molar-refractivity contribution in [2.75, 3.05) is 7.11 Å². The molecule has 2 aromatic rings. The van der Waals surface area contributed by atoms with Crippen molar-refractivity contribution < 1.29 is 17.9 Å². The van der Waals surface area contributed by atoms with Gasteiger partial charge in [0.1, 0.15) is 0 Å². The Morgan fingerprint density at radius 3 is 1.91 bits per heavy atom. The van der Waals surface area contributed by atoms with Crippen molar-refractivity contribution in [1.29, 1.82) is 0 Å². The van der Waals surface area contributed by atoms with E-state index in [-0.39, 0.29) is 11.3 Å². The van der Waals surface area contributed by atoms with Crippen LogP contribution in [0.2, 0.25) is 0 Å². The molecule has 0 heterocycles. The number of alkyl halides is 1. The highest BCUT2D eigenvalue weighted by atomic mass is 79.9. The van der Waals surface area contributed by atoms with E-state index in [4.69, 9.17) is 10.7 Å². The molecule has 0 atom stereocenters. The third kappa shape index (κ3) is 7.63. The maximum Gasteiger partial charge on any atom is 0.309 e. The molecule has 0 aliphatic rings. The summed E-state index contributed by atoms with van der Waals surface area (Å²) in [5.74, 6) is -0.436. The van der Waals surface area contributed by atoms with Gasteiger partial charge in [0, 0.05) is 16.0 Å². The van der Waals surface area contributed by atoms with Crippen molar-refractivity contribution in [2.45, 2.75) is 16.6 Å². The molecule has 0 bridgehead atoms. The predicted molar refractivity (Wildman–Crippen MR) is 94.3 cm³/mol. The highest BCUT2D eigenvalue weighted by Crippen LogP contribution is 2.21. The number of carbonyl (C=O) groups is 1. The summed E-state index contributed by atoms with van der Waals surface area (Å²) in [5, 5.41) is 0.474. The van der Waals surface area contributed by atoms with Gasteiger partial charge in [-0.2, -0.15) is 0 Å². The van der Waals surface area contributed by atoms with Gasteiger partial charge in [-0.25, -0.2) is 8.42 Å². The summed E-state index contributed by atoms with van der Waals surface area (Å²) in [6, 6.07) is 16.5. The minimum atomic E-state index is -3.80. The molecule has 124 valence electrons. The van der Waals surface area contributed by atoms with Crippen molar-refractivity contribution in [3.8, 4) is 0 Å². The van der Waals surface area contributed by atoms with E-state index in [9.17, 15) is 13.2 Å². The molecule has 0 spiro atoms. The molecule has 0 N–H and O–H groups in total. The van der Waals surface area contributed by atoms with Crippen molar-refractivity contribution in [3.05, 3.63) is 65.7 Å². The first-order valence-corrected chi connectivity index (χ1v) is 10.00. The molecule has 2 rings (SSSR count). The van der Waals surface area contributed by atoms with Crippen LogP contribution in [-0.4, -0.2) is 21.5 Å². The van der Waals surface area contributed by atoms with Crippen LogP contribution in [-0.2, 0) is 30.3 Å². The van der Waals surface area contributed by atoms with Crippen molar-refractivity contribution >= 4 is 41.6 Å². The van der Waals surface area contributed by atoms with Crippen LogP contribution in [0.1, 0.15) is 11.1 Å². The molecule has 0 saturated heterocycles. The van der Waals surface area contributed by atoms with Gasteiger partial charge in [0.25, 0.3) is 9.05 Å². The lowest BCUT2D eigenvalue weighted by atomic mass is 10.1. The van der Waals surface area contributed by atoms with Crippen LogP contribution in [0.4, 0.5) is 0 Å². The number of hydrogen-bond donors (Lipinski definition) is 0. The number of carbonyl (C=O) groups excluding carboxylic acids is 1. The molecule has 4 nitrogen and oxygen atoms in total. The molecule has 23 heavy (non-hydrogen) atoms. The Morgan fingerprint density at radius 2 is 1.52 bits per heavy atom. The van der Waals surface area contributed by atoms with Gasteiger partial charge >= 0.3 is 5.97 Å². The fraction of sp³-hybridized carbons (Fsp3) is 0.188. The van der Waals surface area contributed by atoms with Crippen molar-refractivity contribution in [1.82, 2.24) is 0 Å². The number of rotatable bonds is 4. The Morgan fingerprint density at radius 1 is 1.04 bits per heavy atom. The van der Waals surface area contributed by atoms with Crippen LogP contribution in [0.3, 0.4) is 0 Å². The highest BCUT2D eigenvalue weighted by molar-refractivity contribution is 9.08. The van der Waals surface area contributed by atoms with Gasteiger partial charge in [0.05, 0.1) is 18.4 Å². The maximum absolute atomic E-state index is 11.2. The van der Waals surface area contributed by atoms with Gasteiger partial charge in [-0.1, -0.05) is 58.4 Å². The SMILES string of the molecule is COC(=O)Cc1cc(CBr)cc(S(=O)(=O)Cl)c1.c1ccccc1. The molecule has 0 amide bonds. The van der Waals surface area contributed by atoms with Gasteiger partial charge < -0.3 is 4.74 Å². The number of hydrogen-bond acceptors (Lipinski definition) is 4. The van der Waals surface area contributed by atoms with Crippen LogP contribution >= 0.6 is 26.6 Å². The molecular formula is C16H16BrClO4S. The minimum absolute atomic E-state index is 0.0107. The quantitative estimate of drug-likeness (QED) is 0.428. The van der Waals surface area contributed by atoms with E-state index in [0.717, 1.165) is 5.56 Å². The van der Waals surface area contributed by atoms with E-state index in [1.807, 2.05) is 36.4 Å². The van der Waals surface area contributed by atoms with Gasteiger partial charge in [0.2, 0.25) is 0 Å². The summed E-state index contributed by atoms with van der Waals surface area (Å²) in [6.07, 6.45) is 0.0107. The molecule has 2 aromatic carbocycles. The van der Waals surface area contributed by atoms with Gasteiger partial charge in [-0.3, -0.25) is 4.79 Å². The largest absolute Gasteiger partial charge is 0.469 e. The van der Waals surface area contributed by atoms with E-state index in [0.29, 0.717) is 10.9 Å². The van der Waals surface area contributed by atoms with Crippen LogP contribution in [0.15, 0.2) is 59.5 Å². The van der Waals surface area contributed by atoms with E-state index < -0.39 is 15.0 Å². The second kappa shape index (κ2) is 9.70. The molecule has 0 aliphatic carbocycles. The van der Waals surface area contributed by atoms with Gasteiger partial charge in [-0.05, 0) is 23.3 Å². The molecular weight excluding hydrogens is 404 g/mol. The molecule has 0 aliphatic heterocycles. The third-order valence-corrected chi connectivity index (χ3v) is 4.69. The van der Waals surface area contributed by atoms with E-state index in [1.165, 1.54) is 19.2 Å². The molecule has 0 fully saturated rings. The Hall–Kier alpha value is -1.37. The van der Waals surface area contributed by atoms with E-state index in [2.05, 4.69) is 20.7 Å². The summed E-state index contributed by atoms with van der Waals surface area (Å²) in [5.41, 5.74) is 1.28. The predicted octanol–water partition coefficient (Wildman–Crippen LogP) is 3.91. The monoisotopic (exact) mass is 418 g/mol. The Balaban J connectivity index is 0.000000366. The molecule has 7 heteroatoms. The number of ether oxygens (including phenoxy) is 1. The van der Waals surface area contributed by atoms with Crippen LogP contribution < -0.4 is 0 Å². The Bertz CT molecular complexity index is 706. The third-order valence-electron chi connectivity index (χ3n) is 2.70. The summed E-state index contributed by atoms with van der Waals surface area (Å²) in [4.78, 5) is 11.1. The average Bonchev–Trinajstić information content (AvgIpc) is 2.55. The van der Waals surface area contributed by atoms with Crippen LogP contribution in [0.25, 0.3) is 0 Å². The lowest BCUT2D eigenvalue weighted by Gasteiger charge is -2.05. The van der Waals surface area contributed by atoms with Crippen LogP contribution in [0, 0.1) is 0 Å². The first kappa shape index (κ1) is 19.7. The number of benzene rings is 2. The average molecular weight is 420 g/mol. The fourth-order valence-corrected chi connectivity index (χ4v) is 2.85. The Kier molecular flexibility index (Phi) is 8.30. The zero-order chi connectivity index (χ0) is 17.3. The highest BCUT2D eigenvalue weighted by Gasteiger charge is 2.14. The molecule has 0 radical (unpaired) electrons. The topological polar surface area (TPSA) is 60.4 Å². The molecule has 0 saturated carbocycles. The molecule has 0 unspecified atom stereocenters. The summed E-state index contributed by atoms with van der Waals surface area (Å²) >= 11 is 3.22. The number of methoxy groups -OCH3 is 1. The first-order valence-electron chi connectivity index (χ1n) is 6.57. The summed E-state index contributed by atoms with van der Waals surface area (Å²) < 4.78 is 27.0. The summed E-state index contributed by atoms with van der Waals surface area (Å²) in [6.45, 7) is 0. The summed E-state index contributed by atoms with van der Waals surface area (Å²) in [7, 11) is 2.74. The van der Waals surface area contributed by atoms with E-state index in [1.54, 1.807) is 6.07 Å². The van der Waals surface area contributed by atoms with Gasteiger partial charge in [-0.15, -0.1) is 0 Å². The fourth-order valence-electron chi connectivity index (χ4n) is 1.67. The Labute approximate surface area is 149 Å². The van der Waals surface area contributed by atoms with E-state index >= 15 is 0 Å². The van der Waals surface area contributed by atoms with Crippen LogP contribution in [0.5, 0.6) is 0 Å². The maximum atomic E-state index is 11.2. The first-order chi connectivity index (χ1) is 10.9. The van der Waals surface area contributed by atoms with Crippen molar-refractivity contribution in [2.24, 2.45) is 0 Å². The van der Waals surface area contributed by atoms with Crippen molar-refractivity contribution in [3.63, 3.8) is 0 Å². The lowest BCUT2D eigenvalue weighted by molar-refractivity contribution is -0.139. The zero-order valence-corrected chi connectivity index (χ0v) is 15.6. The lowest BCUT2D eigenvalue weighted by Crippen LogP contribution is -2.06. The minimum Gasteiger partial charge on any atom is -0.469 e. The zero-order valence-electron chi connectivity index (χ0n) is 12.4. The second-order valence-corrected chi connectivity index (χ2v) is 7.59. The standard InChI is InChI=1S/C10H10BrClO4S.C6H6/c1-16-10(13)5-7-2-8(6-11)4-9(3-7)17(12,14)15;1-2-4-6-5-3-1/h2-4H,5-6H2,1H3;1-6H. The van der Waals surface area contributed by atoms with Gasteiger partial charge in [0.15, 0.2) is 0 Å².